The number of hydrogen-bond acceptors (Lipinski definition) is 2. The highest BCUT2D eigenvalue weighted by molar-refractivity contribution is 6.30. The molecule has 3 nitrogen and oxygen atoms in total. The zero-order chi connectivity index (χ0) is 13.9. The van der Waals surface area contributed by atoms with Gasteiger partial charge in [0, 0.05) is 18.4 Å². The SMILES string of the molecule is Fc1cc(-n2ccnc2NC2CCCCC2)ccc1Cl. The van der Waals surface area contributed by atoms with E-state index in [-0.39, 0.29) is 5.02 Å². The van der Waals surface area contributed by atoms with Crippen LogP contribution >= 0.6 is 11.6 Å². The molecule has 0 radical (unpaired) electrons. The van der Waals surface area contributed by atoms with E-state index < -0.39 is 5.82 Å². The molecule has 0 aliphatic heterocycles. The molecule has 0 atom stereocenters. The molecule has 0 unspecified atom stereocenters. The molecule has 5 heteroatoms. The highest BCUT2D eigenvalue weighted by Crippen LogP contribution is 2.24. The van der Waals surface area contributed by atoms with Crippen molar-refractivity contribution in [3.8, 4) is 5.69 Å². The molecule has 2 aromatic rings. The summed E-state index contributed by atoms with van der Waals surface area (Å²) < 4.78 is 15.4. The van der Waals surface area contributed by atoms with Crippen LogP contribution in [0, 0.1) is 5.82 Å². The highest BCUT2D eigenvalue weighted by Gasteiger charge is 2.16. The Morgan fingerprint density at radius 2 is 2.05 bits per heavy atom. The van der Waals surface area contributed by atoms with E-state index in [1.165, 1.54) is 38.2 Å². The molecular weight excluding hydrogens is 277 g/mol. The fraction of sp³-hybridized carbons (Fsp3) is 0.400. The minimum absolute atomic E-state index is 0.135. The first-order valence-electron chi connectivity index (χ1n) is 6.99. The Hall–Kier alpha value is -1.55. The Labute approximate surface area is 122 Å². The van der Waals surface area contributed by atoms with Gasteiger partial charge in [-0.15, -0.1) is 0 Å². The molecule has 1 N–H and O–H groups in total. The lowest BCUT2D eigenvalue weighted by atomic mass is 9.96. The van der Waals surface area contributed by atoms with Crippen molar-refractivity contribution >= 4 is 17.5 Å². The molecular formula is C15H17ClFN3. The number of nitrogens with zero attached hydrogens (tertiary/aromatic N) is 2. The average molecular weight is 294 g/mol. The van der Waals surface area contributed by atoms with Crippen molar-refractivity contribution in [3.05, 3.63) is 41.4 Å². The van der Waals surface area contributed by atoms with E-state index in [4.69, 9.17) is 11.6 Å². The van der Waals surface area contributed by atoms with Crippen LogP contribution in [-0.4, -0.2) is 15.6 Å². The van der Waals surface area contributed by atoms with E-state index in [9.17, 15) is 4.39 Å². The summed E-state index contributed by atoms with van der Waals surface area (Å²) in [5.74, 6) is 0.347. The number of aromatic nitrogens is 2. The zero-order valence-electron chi connectivity index (χ0n) is 11.1. The van der Waals surface area contributed by atoms with Crippen LogP contribution in [-0.2, 0) is 0 Å². The molecule has 0 spiro atoms. The first-order chi connectivity index (χ1) is 9.74. The Morgan fingerprint density at radius 1 is 1.25 bits per heavy atom. The summed E-state index contributed by atoms with van der Waals surface area (Å²) in [6, 6.07) is 5.24. The van der Waals surface area contributed by atoms with Gasteiger partial charge in [-0.05, 0) is 31.0 Å². The van der Waals surface area contributed by atoms with E-state index in [0.717, 1.165) is 11.6 Å². The number of anilines is 1. The maximum absolute atomic E-state index is 13.6. The van der Waals surface area contributed by atoms with Crippen molar-refractivity contribution in [1.82, 2.24) is 9.55 Å². The van der Waals surface area contributed by atoms with Crippen LogP contribution in [0.1, 0.15) is 32.1 Å². The van der Waals surface area contributed by atoms with Crippen LogP contribution in [0.2, 0.25) is 5.02 Å². The smallest absolute Gasteiger partial charge is 0.207 e. The minimum atomic E-state index is -0.415. The van der Waals surface area contributed by atoms with Crippen LogP contribution in [0.15, 0.2) is 30.6 Å². The van der Waals surface area contributed by atoms with Crippen molar-refractivity contribution in [2.45, 2.75) is 38.1 Å². The van der Waals surface area contributed by atoms with Gasteiger partial charge in [0.25, 0.3) is 0 Å². The number of rotatable bonds is 3. The van der Waals surface area contributed by atoms with Gasteiger partial charge in [0.05, 0.1) is 10.7 Å². The van der Waals surface area contributed by atoms with Crippen LogP contribution in [0.25, 0.3) is 5.69 Å². The molecule has 1 aromatic heterocycles. The van der Waals surface area contributed by atoms with E-state index in [1.54, 1.807) is 18.3 Å². The molecule has 0 amide bonds. The Bertz CT molecular complexity index is 591. The average Bonchev–Trinajstić information content (AvgIpc) is 2.91. The van der Waals surface area contributed by atoms with Gasteiger partial charge in [-0.3, -0.25) is 4.57 Å². The topological polar surface area (TPSA) is 29.9 Å². The standard InChI is InChI=1S/C15H17ClFN3/c16-13-7-6-12(10-14(13)17)20-9-8-18-15(20)19-11-4-2-1-3-5-11/h6-11H,1-5H2,(H,18,19). The third-order valence-electron chi connectivity index (χ3n) is 3.76. The monoisotopic (exact) mass is 293 g/mol. The summed E-state index contributed by atoms with van der Waals surface area (Å²) in [7, 11) is 0. The Kier molecular flexibility index (Phi) is 3.92. The molecule has 0 saturated heterocycles. The largest absolute Gasteiger partial charge is 0.353 e. The van der Waals surface area contributed by atoms with Crippen molar-refractivity contribution < 1.29 is 4.39 Å². The molecule has 1 aliphatic rings. The second kappa shape index (κ2) is 5.83. The summed E-state index contributed by atoms with van der Waals surface area (Å²) >= 11 is 5.72. The second-order valence-electron chi connectivity index (χ2n) is 5.20. The number of hydrogen-bond donors (Lipinski definition) is 1. The lowest BCUT2D eigenvalue weighted by Crippen LogP contribution is -2.24. The lowest BCUT2D eigenvalue weighted by Gasteiger charge is -2.23. The van der Waals surface area contributed by atoms with Crippen molar-refractivity contribution in [2.24, 2.45) is 0 Å². The fourth-order valence-electron chi connectivity index (χ4n) is 2.68. The van der Waals surface area contributed by atoms with Gasteiger partial charge in [0.2, 0.25) is 5.95 Å². The van der Waals surface area contributed by atoms with E-state index in [1.807, 2.05) is 10.8 Å². The maximum atomic E-state index is 13.6. The van der Waals surface area contributed by atoms with Gasteiger partial charge in [0.15, 0.2) is 0 Å². The van der Waals surface area contributed by atoms with Crippen LogP contribution in [0.5, 0.6) is 0 Å². The fourth-order valence-corrected chi connectivity index (χ4v) is 2.80. The number of nitrogens with one attached hydrogen (secondary N) is 1. The summed E-state index contributed by atoms with van der Waals surface area (Å²) in [5, 5.41) is 3.59. The summed E-state index contributed by atoms with van der Waals surface area (Å²) in [6.07, 6.45) is 9.71. The van der Waals surface area contributed by atoms with Gasteiger partial charge in [-0.2, -0.15) is 0 Å². The molecule has 1 fully saturated rings. The first-order valence-corrected chi connectivity index (χ1v) is 7.37. The molecule has 0 bridgehead atoms. The number of halogens is 2. The highest BCUT2D eigenvalue weighted by atomic mass is 35.5. The quantitative estimate of drug-likeness (QED) is 0.908. The second-order valence-corrected chi connectivity index (χ2v) is 5.61. The van der Waals surface area contributed by atoms with E-state index in [2.05, 4.69) is 10.3 Å². The van der Waals surface area contributed by atoms with Gasteiger partial charge in [-0.1, -0.05) is 30.9 Å². The van der Waals surface area contributed by atoms with Gasteiger partial charge in [-0.25, -0.2) is 9.37 Å². The molecule has 1 aromatic carbocycles. The van der Waals surface area contributed by atoms with Gasteiger partial charge in [0.1, 0.15) is 5.82 Å². The first kappa shape index (κ1) is 13.4. The Balaban J connectivity index is 1.83. The van der Waals surface area contributed by atoms with Crippen molar-refractivity contribution in [3.63, 3.8) is 0 Å². The minimum Gasteiger partial charge on any atom is -0.353 e. The van der Waals surface area contributed by atoms with Crippen LogP contribution in [0.4, 0.5) is 10.3 Å². The summed E-state index contributed by atoms with van der Waals surface area (Å²) in [6.45, 7) is 0. The Morgan fingerprint density at radius 3 is 2.80 bits per heavy atom. The number of imidazole rings is 1. The van der Waals surface area contributed by atoms with E-state index >= 15 is 0 Å². The van der Waals surface area contributed by atoms with Gasteiger partial charge < -0.3 is 5.32 Å². The normalized spacial score (nSPS) is 16.3. The predicted octanol–water partition coefficient (Wildman–Crippen LogP) is 4.41. The lowest BCUT2D eigenvalue weighted by molar-refractivity contribution is 0.460. The summed E-state index contributed by atoms with van der Waals surface area (Å²) in [5.41, 5.74) is 0.725. The van der Waals surface area contributed by atoms with Crippen molar-refractivity contribution in [2.75, 3.05) is 5.32 Å². The molecule has 1 saturated carbocycles. The maximum Gasteiger partial charge on any atom is 0.207 e. The number of benzene rings is 1. The third kappa shape index (κ3) is 2.80. The van der Waals surface area contributed by atoms with Gasteiger partial charge >= 0.3 is 0 Å². The van der Waals surface area contributed by atoms with Crippen LogP contribution < -0.4 is 5.32 Å². The van der Waals surface area contributed by atoms with Crippen molar-refractivity contribution in [1.29, 1.82) is 0 Å². The molecule has 106 valence electrons. The molecule has 20 heavy (non-hydrogen) atoms. The molecule has 1 aliphatic carbocycles. The molecule has 1 heterocycles. The molecule has 3 rings (SSSR count). The predicted molar refractivity (Wildman–Crippen MR) is 79.0 cm³/mol. The summed E-state index contributed by atoms with van der Waals surface area (Å²) in [4.78, 5) is 4.34. The van der Waals surface area contributed by atoms with E-state index in [0.29, 0.717) is 6.04 Å². The zero-order valence-corrected chi connectivity index (χ0v) is 11.9. The van der Waals surface area contributed by atoms with Crippen LogP contribution in [0.3, 0.4) is 0 Å². The third-order valence-corrected chi connectivity index (χ3v) is 4.07.